The Bertz CT molecular complexity index is 668. The molecule has 0 aliphatic heterocycles. The average Bonchev–Trinajstić information content (AvgIpc) is 2.54. The minimum atomic E-state index is -0.580. The van der Waals surface area contributed by atoms with Crippen molar-refractivity contribution in [3.8, 4) is 11.5 Å². The molecule has 0 spiro atoms. The molecule has 2 aromatic rings. The zero-order chi connectivity index (χ0) is 16.7. The van der Waals surface area contributed by atoms with Crippen molar-refractivity contribution in [2.24, 2.45) is 0 Å². The summed E-state index contributed by atoms with van der Waals surface area (Å²) in [5, 5.41) is 2.38. The maximum atomic E-state index is 12.7. The fraction of sp³-hybridized carbons (Fsp3) is 0.176. The number of ether oxygens (including phenoxy) is 2. The summed E-state index contributed by atoms with van der Waals surface area (Å²) in [6.07, 6.45) is 0. The first-order chi connectivity index (χ1) is 11.0. The van der Waals surface area contributed by atoms with Gasteiger partial charge < -0.3 is 14.8 Å². The molecule has 0 saturated carbocycles. The van der Waals surface area contributed by atoms with Crippen LogP contribution >= 0.6 is 0 Å². The Morgan fingerprint density at radius 3 is 2.26 bits per heavy atom. The summed E-state index contributed by atoms with van der Waals surface area (Å²) >= 11 is 0. The van der Waals surface area contributed by atoms with Gasteiger partial charge in [0.2, 0.25) is 0 Å². The Hall–Kier alpha value is -2.89. The third-order valence-electron chi connectivity index (χ3n) is 2.87. The van der Waals surface area contributed by atoms with Gasteiger partial charge in [0.15, 0.2) is 6.61 Å². The summed E-state index contributed by atoms with van der Waals surface area (Å²) in [5.74, 6) is -0.666. The van der Waals surface area contributed by atoms with Crippen molar-refractivity contribution in [2.45, 2.75) is 6.92 Å². The first-order valence-corrected chi connectivity index (χ1v) is 6.95. The van der Waals surface area contributed by atoms with Crippen molar-refractivity contribution in [3.63, 3.8) is 0 Å². The summed E-state index contributed by atoms with van der Waals surface area (Å²) in [6.45, 7) is 1.38. The molecule has 0 atom stereocenters. The Balaban J connectivity index is 1.70. The van der Waals surface area contributed by atoms with Crippen molar-refractivity contribution >= 4 is 11.9 Å². The van der Waals surface area contributed by atoms with Gasteiger partial charge in [-0.1, -0.05) is 17.7 Å². The lowest BCUT2D eigenvalue weighted by molar-refractivity contribution is -0.135. The maximum absolute atomic E-state index is 12.7. The third kappa shape index (κ3) is 5.78. The standard InChI is InChI=1S/C17H16FNO4/c1-12-2-6-15(7-3-12)23-17(21)10-19-16(20)11-22-14-8-4-13(18)5-9-14/h2-9H,10-11H2,1H3,(H,19,20). The number of hydrogen-bond donors (Lipinski definition) is 1. The minimum Gasteiger partial charge on any atom is -0.484 e. The van der Waals surface area contributed by atoms with E-state index in [1.54, 1.807) is 12.1 Å². The molecule has 0 aliphatic carbocycles. The molecule has 5 nitrogen and oxygen atoms in total. The molecule has 2 aromatic carbocycles. The molecule has 1 N–H and O–H groups in total. The van der Waals surface area contributed by atoms with Gasteiger partial charge in [0.05, 0.1) is 0 Å². The maximum Gasteiger partial charge on any atom is 0.330 e. The van der Waals surface area contributed by atoms with Crippen LogP contribution in [-0.2, 0) is 9.59 Å². The second-order valence-corrected chi connectivity index (χ2v) is 4.81. The zero-order valence-corrected chi connectivity index (χ0v) is 12.5. The number of esters is 1. The van der Waals surface area contributed by atoms with Crippen LogP contribution in [0.4, 0.5) is 4.39 Å². The lowest BCUT2D eigenvalue weighted by atomic mass is 10.2. The second-order valence-electron chi connectivity index (χ2n) is 4.81. The van der Waals surface area contributed by atoms with E-state index in [-0.39, 0.29) is 19.0 Å². The van der Waals surface area contributed by atoms with E-state index >= 15 is 0 Å². The largest absolute Gasteiger partial charge is 0.484 e. The predicted molar refractivity (Wildman–Crippen MR) is 81.7 cm³/mol. The number of hydrogen-bond acceptors (Lipinski definition) is 4. The van der Waals surface area contributed by atoms with Gasteiger partial charge in [0, 0.05) is 0 Å². The van der Waals surface area contributed by atoms with Crippen molar-refractivity contribution in [3.05, 3.63) is 59.9 Å². The number of aryl methyl sites for hydroxylation is 1. The summed E-state index contributed by atoms with van der Waals surface area (Å²) in [6, 6.07) is 12.3. The van der Waals surface area contributed by atoms with Crippen LogP contribution in [0.3, 0.4) is 0 Å². The van der Waals surface area contributed by atoms with Crippen LogP contribution < -0.4 is 14.8 Å². The van der Waals surface area contributed by atoms with Gasteiger partial charge in [0.25, 0.3) is 5.91 Å². The van der Waals surface area contributed by atoms with Gasteiger partial charge in [-0.15, -0.1) is 0 Å². The van der Waals surface area contributed by atoms with Gasteiger partial charge in [0.1, 0.15) is 23.9 Å². The Kier molecular flexibility index (Phi) is 5.68. The Labute approximate surface area is 133 Å². The van der Waals surface area contributed by atoms with E-state index in [0.717, 1.165) is 5.56 Å². The SMILES string of the molecule is Cc1ccc(OC(=O)CNC(=O)COc2ccc(F)cc2)cc1. The molecule has 0 aromatic heterocycles. The van der Waals surface area contributed by atoms with E-state index in [1.165, 1.54) is 24.3 Å². The molecule has 23 heavy (non-hydrogen) atoms. The monoisotopic (exact) mass is 317 g/mol. The van der Waals surface area contributed by atoms with E-state index in [2.05, 4.69) is 5.32 Å². The number of nitrogens with one attached hydrogen (secondary N) is 1. The van der Waals surface area contributed by atoms with Gasteiger partial charge >= 0.3 is 5.97 Å². The molecule has 0 unspecified atom stereocenters. The second kappa shape index (κ2) is 7.93. The molecule has 0 heterocycles. The third-order valence-corrected chi connectivity index (χ3v) is 2.87. The van der Waals surface area contributed by atoms with Crippen molar-refractivity contribution in [1.29, 1.82) is 0 Å². The molecular weight excluding hydrogens is 301 g/mol. The lowest BCUT2D eigenvalue weighted by Crippen LogP contribution is -2.35. The number of carbonyl (C=O) groups is 2. The van der Waals surface area contributed by atoms with Crippen LogP contribution in [0.1, 0.15) is 5.56 Å². The molecule has 1 amide bonds. The topological polar surface area (TPSA) is 64.6 Å². The first-order valence-electron chi connectivity index (χ1n) is 6.95. The van der Waals surface area contributed by atoms with Gasteiger partial charge in [-0.3, -0.25) is 4.79 Å². The van der Waals surface area contributed by atoms with Gasteiger partial charge in [-0.05, 0) is 43.3 Å². The van der Waals surface area contributed by atoms with E-state index < -0.39 is 11.9 Å². The molecule has 6 heteroatoms. The molecular formula is C17H16FNO4. The van der Waals surface area contributed by atoms with Crippen LogP contribution in [0, 0.1) is 12.7 Å². The van der Waals surface area contributed by atoms with Crippen molar-refractivity contribution < 1.29 is 23.5 Å². The van der Waals surface area contributed by atoms with Gasteiger partial charge in [-0.2, -0.15) is 0 Å². The first kappa shape index (κ1) is 16.5. The molecule has 2 rings (SSSR count). The van der Waals surface area contributed by atoms with E-state index in [1.807, 2.05) is 19.1 Å². The van der Waals surface area contributed by atoms with Crippen molar-refractivity contribution in [1.82, 2.24) is 5.32 Å². The highest BCUT2D eigenvalue weighted by atomic mass is 19.1. The zero-order valence-electron chi connectivity index (χ0n) is 12.5. The Morgan fingerprint density at radius 1 is 1.00 bits per heavy atom. The van der Waals surface area contributed by atoms with E-state index in [4.69, 9.17) is 9.47 Å². The normalized spacial score (nSPS) is 10.0. The molecule has 120 valence electrons. The van der Waals surface area contributed by atoms with E-state index in [9.17, 15) is 14.0 Å². The fourth-order valence-corrected chi connectivity index (χ4v) is 1.68. The van der Waals surface area contributed by atoms with Crippen LogP contribution in [0.5, 0.6) is 11.5 Å². The summed E-state index contributed by atoms with van der Waals surface area (Å²) < 4.78 is 22.9. The summed E-state index contributed by atoms with van der Waals surface area (Å²) in [5.41, 5.74) is 1.05. The predicted octanol–water partition coefficient (Wildman–Crippen LogP) is 2.23. The number of rotatable bonds is 6. The summed E-state index contributed by atoms with van der Waals surface area (Å²) in [7, 11) is 0. The highest BCUT2D eigenvalue weighted by Crippen LogP contribution is 2.11. The quantitative estimate of drug-likeness (QED) is 0.655. The van der Waals surface area contributed by atoms with Gasteiger partial charge in [-0.25, -0.2) is 9.18 Å². The number of benzene rings is 2. The van der Waals surface area contributed by atoms with Crippen LogP contribution in [0.2, 0.25) is 0 Å². The smallest absolute Gasteiger partial charge is 0.330 e. The summed E-state index contributed by atoms with van der Waals surface area (Å²) in [4.78, 5) is 23.2. The lowest BCUT2D eigenvalue weighted by Gasteiger charge is -2.08. The van der Waals surface area contributed by atoms with Crippen LogP contribution in [-0.4, -0.2) is 25.0 Å². The number of halogens is 1. The number of carbonyl (C=O) groups excluding carboxylic acids is 2. The van der Waals surface area contributed by atoms with Crippen LogP contribution in [0.15, 0.2) is 48.5 Å². The highest BCUT2D eigenvalue weighted by Gasteiger charge is 2.08. The average molecular weight is 317 g/mol. The highest BCUT2D eigenvalue weighted by molar-refractivity contribution is 5.83. The Morgan fingerprint density at radius 2 is 1.61 bits per heavy atom. The van der Waals surface area contributed by atoms with Crippen LogP contribution in [0.25, 0.3) is 0 Å². The van der Waals surface area contributed by atoms with Crippen molar-refractivity contribution in [2.75, 3.05) is 13.2 Å². The molecule has 0 radical (unpaired) electrons. The molecule has 0 fully saturated rings. The number of amides is 1. The minimum absolute atomic E-state index is 0.264. The molecule has 0 aliphatic rings. The molecule has 0 saturated heterocycles. The fourth-order valence-electron chi connectivity index (χ4n) is 1.68. The molecule has 0 bridgehead atoms. The van der Waals surface area contributed by atoms with E-state index in [0.29, 0.717) is 11.5 Å².